The van der Waals surface area contributed by atoms with E-state index in [1.807, 2.05) is 19.3 Å². The van der Waals surface area contributed by atoms with Gasteiger partial charge in [-0.15, -0.1) is 11.8 Å². The summed E-state index contributed by atoms with van der Waals surface area (Å²) >= 11 is 1.71. The first-order valence-electron chi connectivity index (χ1n) is 4.01. The molecule has 0 radical (unpaired) electrons. The first kappa shape index (κ1) is 9.55. The van der Waals surface area contributed by atoms with Gasteiger partial charge in [0.1, 0.15) is 0 Å². The Bertz CT molecular complexity index is 238. The first-order valence-corrected chi connectivity index (χ1v) is 5.23. The lowest BCUT2D eigenvalue weighted by Gasteiger charge is -2.04. The highest BCUT2D eigenvalue weighted by atomic mass is 32.2. The van der Waals surface area contributed by atoms with Crippen LogP contribution >= 0.6 is 11.8 Å². The molecule has 2 nitrogen and oxygen atoms in total. The van der Waals surface area contributed by atoms with Crippen LogP contribution < -0.4 is 5.32 Å². The molecule has 3 heteroatoms. The minimum Gasteiger partial charge on any atom is -0.319 e. The van der Waals surface area contributed by atoms with Gasteiger partial charge in [0.15, 0.2) is 0 Å². The molecule has 0 aliphatic rings. The molecular formula is C9H14N2S. The molecule has 0 amide bonds. The summed E-state index contributed by atoms with van der Waals surface area (Å²) in [6.07, 6.45) is 4.96. The number of likely N-dealkylation sites (N-methyl/N-ethyl adjacent to an activating group) is 1. The lowest BCUT2D eigenvalue weighted by molar-refractivity contribution is 0.776. The molecule has 0 saturated carbocycles. The van der Waals surface area contributed by atoms with E-state index in [2.05, 4.69) is 22.6 Å². The maximum absolute atomic E-state index is 4.29. The van der Waals surface area contributed by atoms with Gasteiger partial charge in [0, 0.05) is 6.20 Å². The standard InChI is InChI=1S/C9H14N2S/c1-10-7-5-8-4-3-6-11-9(8)12-2/h3-4,6,10H,5,7H2,1-2H3. The van der Waals surface area contributed by atoms with E-state index >= 15 is 0 Å². The van der Waals surface area contributed by atoms with Gasteiger partial charge in [0.05, 0.1) is 5.03 Å². The summed E-state index contributed by atoms with van der Waals surface area (Å²) in [6, 6.07) is 4.13. The Hall–Kier alpha value is -0.540. The van der Waals surface area contributed by atoms with Crippen molar-refractivity contribution in [3.05, 3.63) is 23.9 Å². The van der Waals surface area contributed by atoms with Gasteiger partial charge in [0.25, 0.3) is 0 Å². The smallest absolute Gasteiger partial charge is 0.0989 e. The van der Waals surface area contributed by atoms with Gasteiger partial charge in [-0.1, -0.05) is 6.07 Å². The van der Waals surface area contributed by atoms with Crippen molar-refractivity contribution in [1.82, 2.24) is 10.3 Å². The molecule has 1 rings (SSSR count). The summed E-state index contributed by atoms with van der Waals surface area (Å²) in [5.74, 6) is 0. The summed E-state index contributed by atoms with van der Waals surface area (Å²) in [5, 5.41) is 4.28. The van der Waals surface area contributed by atoms with Crippen molar-refractivity contribution in [2.75, 3.05) is 19.8 Å². The highest BCUT2D eigenvalue weighted by molar-refractivity contribution is 7.98. The highest BCUT2D eigenvalue weighted by Crippen LogP contribution is 2.16. The number of rotatable bonds is 4. The van der Waals surface area contributed by atoms with Crippen molar-refractivity contribution < 1.29 is 0 Å². The third-order valence-electron chi connectivity index (χ3n) is 1.69. The van der Waals surface area contributed by atoms with E-state index in [-0.39, 0.29) is 0 Å². The van der Waals surface area contributed by atoms with E-state index in [9.17, 15) is 0 Å². The number of aromatic nitrogens is 1. The highest BCUT2D eigenvalue weighted by Gasteiger charge is 1.99. The molecule has 0 fully saturated rings. The summed E-state index contributed by atoms with van der Waals surface area (Å²) in [6.45, 7) is 1.01. The molecule has 0 aliphatic carbocycles. The quantitative estimate of drug-likeness (QED) is 0.715. The van der Waals surface area contributed by atoms with Crippen LogP contribution in [-0.4, -0.2) is 24.8 Å². The Kier molecular flexibility index (Phi) is 4.11. The number of nitrogens with zero attached hydrogens (tertiary/aromatic N) is 1. The second-order valence-corrected chi connectivity index (χ2v) is 3.32. The van der Waals surface area contributed by atoms with Crippen LogP contribution in [0.1, 0.15) is 5.56 Å². The molecule has 0 spiro atoms. The predicted octanol–water partition coefficient (Wildman–Crippen LogP) is 1.57. The van der Waals surface area contributed by atoms with Crippen molar-refractivity contribution in [3.63, 3.8) is 0 Å². The Morgan fingerprint density at radius 2 is 2.42 bits per heavy atom. The van der Waals surface area contributed by atoms with Gasteiger partial charge in [-0.25, -0.2) is 4.98 Å². The van der Waals surface area contributed by atoms with E-state index in [0.717, 1.165) is 18.0 Å². The normalized spacial score (nSPS) is 10.2. The molecule has 1 N–H and O–H groups in total. The molecule has 0 bridgehead atoms. The van der Waals surface area contributed by atoms with Crippen LogP contribution in [0.15, 0.2) is 23.4 Å². The molecular weight excluding hydrogens is 168 g/mol. The molecule has 66 valence electrons. The van der Waals surface area contributed by atoms with Crippen molar-refractivity contribution in [1.29, 1.82) is 0 Å². The summed E-state index contributed by atoms with van der Waals surface area (Å²) < 4.78 is 0. The Morgan fingerprint density at radius 3 is 3.08 bits per heavy atom. The van der Waals surface area contributed by atoms with E-state index in [4.69, 9.17) is 0 Å². The largest absolute Gasteiger partial charge is 0.319 e. The predicted molar refractivity (Wildman–Crippen MR) is 53.6 cm³/mol. The van der Waals surface area contributed by atoms with Crippen molar-refractivity contribution in [2.45, 2.75) is 11.4 Å². The fourth-order valence-electron chi connectivity index (χ4n) is 1.06. The Labute approximate surface area is 77.8 Å². The third kappa shape index (κ3) is 2.50. The topological polar surface area (TPSA) is 24.9 Å². The fraction of sp³-hybridized carbons (Fsp3) is 0.444. The Morgan fingerprint density at radius 1 is 1.58 bits per heavy atom. The van der Waals surface area contributed by atoms with Crippen molar-refractivity contribution in [2.24, 2.45) is 0 Å². The van der Waals surface area contributed by atoms with E-state index < -0.39 is 0 Å². The average molecular weight is 182 g/mol. The minimum absolute atomic E-state index is 1.01. The number of pyridine rings is 1. The van der Waals surface area contributed by atoms with Crippen LogP contribution in [0.25, 0.3) is 0 Å². The van der Waals surface area contributed by atoms with E-state index in [1.54, 1.807) is 11.8 Å². The second kappa shape index (κ2) is 5.17. The number of hydrogen-bond acceptors (Lipinski definition) is 3. The Balaban J connectivity index is 2.68. The number of hydrogen-bond donors (Lipinski definition) is 1. The number of nitrogens with one attached hydrogen (secondary N) is 1. The molecule has 0 unspecified atom stereocenters. The van der Waals surface area contributed by atoms with Gasteiger partial charge < -0.3 is 5.32 Å². The van der Waals surface area contributed by atoms with Gasteiger partial charge in [-0.05, 0) is 37.9 Å². The lowest BCUT2D eigenvalue weighted by atomic mass is 10.2. The molecule has 0 saturated heterocycles. The molecule has 0 aliphatic heterocycles. The zero-order valence-corrected chi connectivity index (χ0v) is 8.32. The molecule has 0 aromatic carbocycles. The number of thioether (sulfide) groups is 1. The lowest BCUT2D eigenvalue weighted by Crippen LogP contribution is -2.10. The third-order valence-corrected chi connectivity index (χ3v) is 2.44. The zero-order chi connectivity index (χ0) is 8.81. The van der Waals surface area contributed by atoms with Gasteiger partial charge in [0.2, 0.25) is 0 Å². The molecule has 0 atom stereocenters. The fourth-order valence-corrected chi connectivity index (χ4v) is 1.66. The van der Waals surface area contributed by atoms with Crippen LogP contribution in [0, 0.1) is 0 Å². The van der Waals surface area contributed by atoms with E-state index in [0.29, 0.717) is 0 Å². The summed E-state index contributed by atoms with van der Waals surface area (Å²) in [7, 11) is 1.97. The molecule has 1 aromatic heterocycles. The van der Waals surface area contributed by atoms with Crippen LogP contribution in [0.4, 0.5) is 0 Å². The first-order chi connectivity index (χ1) is 5.88. The van der Waals surface area contributed by atoms with Crippen LogP contribution in [0.3, 0.4) is 0 Å². The van der Waals surface area contributed by atoms with Gasteiger partial charge in [-0.2, -0.15) is 0 Å². The van der Waals surface area contributed by atoms with Gasteiger partial charge >= 0.3 is 0 Å². The van der Waals surface area contributed by atoms with Crippen molar-refractivity contribution in [3.8, 4) is 0 Å². The van der Waals surface area contributed by atoms with Crippen molar-refractivity contribution >= 4 is 11.8 Å². The zero-order valence-electron chi connectivity index (χ0n) is 7.50. The van der Waals surface area contributed by atoms with Crippen LogP contribution in [-0.2, 0) is 6.42 Å². The average Bonchev–Trinajstić information content (AvgIpc) is 2.15. The van der Waals surface area contributed by atoms with Crippen LogP contribution in [0.5, 0.6) is 0 Å². The maximum Gasteiger partial charge on any atom is 0.0989 e. The SMILES string of the molecule is CNCCc1cccnc1SC. The van der Waals surface area contributed by atoms with Crippen LogP contribution in [0.2, 0.25) is 0 Å². The molecule has 12 heavy (non-hydrogen) atoms. The molecule has 1 heterocycles. The monoisotopic (exact) mass is 182 g/mol. The maximum atomic E-state index is 4.29. The van der Waals surface area contributed by atoms with E-state index in [1.165, 1.54) is 5.56 Å². The summed E-state index contributed by atoms with van der Waals surface area (Å²) in [5.41, 5.74) is 1.33. The second-order valence-electron chi connectivity index (χ2n) is 2.53. The van der Waals surface area contributed by atoms with Gasteiger partial charge in [-0.3, -0.25) is 0 Å². The minimum atomic E-state index is 1.01. The molecule has 1 aromatic rings. The summed E-state index contributed by atoms with van der Waals surface area (Å²) in [4.78, 5) is 4.29.